The number of carbonyl (C=O) groups is 2. The first-order valence-corrected chi connectivity index (χ1v) is 12.6. The lowest BCUT2D eigenvalue weighted by Crippen LogP contribution is -2.36. The molecule has 10 nitrogen and oxygen atoms in total. The Kier molecular flexibility index (Phi) is 7.30. The lowest BCUT2D eigenvalue weighted by atomic mass is 10.1. The quantitative estimate of drug-likeness (QED) is 0.386. The van der Waals surface area contributed by atoms with Crippen molar-refractivity contribution in [3.63, 3.8) is 0 Å². The highest BCUT2D eigenvalue weighted by Crippen LogP contribution is 2.19. The molecule has 1 amide bonds. The van der Waals surface area contributed by atoms with E-state index in [2.05, 4.69) is 25.0 Å². The van der Waals surface area contributed by atoms with Gasteiger partial charge in [0.25, 0.3) is 5.78 Å². The lowest BCUT2D eigenvalue weighted by Gasteiger charge is -2.23. The summed E-state index contributed by atoms with van der Waals surface area (Å²) < 4.78 is 6.74. The predicted octanol–water partition coefficient (Wildman–Crippen LogP) is 2.32. The fourth-order valence-electron chi connectivity index (χ4n) is 4.10. The molecule has 4 rings (SSSR count). The highest BCUT2D eigenvalue weighted by atomic mass is 32.2. The first-order chi connectivity index (χ1) is 16.4. The molecule has 0 atom stereocenters. The van der Waals surface area contributed by atoms with Crippen LogP contribution >= 0.6 is 11.8 Å². The molecular weight excluding hydrogens is 454 g/mol. The number of nitrogens with zero attached hydrogens (tertiary/aromatic N) is 7. The SMILES string of the molecule is CCOC(=O)c1ccc(N2CCCN(C(=O)Cc3c(C)nc4nc(SC)nn4c3C)CC2)nc1. The number of fused-ring (bicyclic) bond motifs is 1. The number of amides is 1. The van der Waals surface area contributed by atoms with Crippen LogP contribution in [0.5, 0.6) is 0 Å². The van der Waals surface area contributed by atoms with E-state index in [0.717, 1.165) is 35.7 Å². The van der Waals surface area contributed by atoms with Crippen LogP contribution in [0.1, 0.15) is 40.7 Å². The summed E-state index contributed by atoms with van der Waals surface area (Å²) in [6.45, 7) is 8.73. The zero-order chi connectivity index (χ0) is 24.2. The molecule has 0 aromatic carbocycles. The standard InChI is InChI=1S/C23H29N7O3S/c1-5-33-21(32)17-7-8-19(24-14-17)28-9-6-10-29(12-11-28)20(31)13-18-15(2)25-22-26-23(34-4)27-30(22)16(18)3/h7-8,14H,5-6,9-13H2,1-4H3. The van der Waals surface area contributed by atoms with Crippen LogP contribution in [-0.4, -0.2) is 80.4 Å². The molecule has 0 unspecified atom stereocenters. The number of thioether (sulfide) groups is 1. The van der Waals surface area contributed by atoms with Crippen LogP contribution in [0, 0.1) is 13.8 Å². The van der Waals surface area contributed by atoms with Gasteiger partial charge in [-0.3, -0.25) is 4.79 Å². The molecule has 0 spiro atoms. The lowest BCUT2D eigenvalue weighted by molar-refractivity contribution is -0.130. The van der Waals surface area contributed by atoms with Gasteiger partial charge < -0.3 is 14.5 Å². The number of esters is 1. The minimum atomic E-state index is -0.372. The van der Waals surface area contributed by atoms with Gasteiger partial charge in [0, 0.05) is 49.3 Å². The fourth-order valence-corrected chi connectivity index (χ4v) is 4.44. The smallest absolute Gasteiger partial charge is 0.339 e. The predicted molar refractivity (Wildman–Crippen MR) is 129 cm³/mol. The third-order valence-corrected chi connectivity index (χ3v) is 6.51. The third-order valence-electron chi connectivity index (χ3n) is 5.97. The molecule has 0 bridgehead atoms. The summed E-state index contributed by atoms with van der Waals surface area (Å²) in [4.78, 5) is 42.5. The van der Waals surface area contributed by atoms with Gasteiger partial charge in [0.05, 0.1) is 18.6 Å². The Morgan fingerprint density at radius 1 is 1.12 bits per heavy atom. The zero-order valence-electron chi connectivity index (χ0n) is 19.9. The molecule has 0 N–H and O–H groups in total. The van der Waals surface area contributed by atoms with E-state index >= 15 is 0 Å². The highest BCUT2D eigenvalue weighted by Gasteiger charge is 2.23. The molecule has 1 aliphatic rings. The first-order valence-electron chi connectivity index (χ1n) is 11.3. The van der Waals surface area contributed by atoms with Crippen molar-refractivity contribution < 1.29 is 14.3 Å². The number of aromatic nitrogens is 5. The van der Waals surface area contributed by atoms with Crippen LogP contribution in [0.3, 0.4) is 0 Å². The summed E-state index contributed by atoms with van der Waals surface area (Å²) in [5.41, 5.74) is 3.03. The van der Waals surface area contributed by atoms with Gasteiger partial charge in [0.2, 0.25) is 11.1 Å². The van der Waals surface area contributed by atoms with Crippen LogP contribution in [0.25, 0.3) is 5.78 Å². The average Bonchev–Trinajstić information content (AvgIpc) is 3.09. The van der Waals surface area contributed by atoms with Crippen molar-refractivity contribution in [2.24, 2.45) is 0 Å². The number of anilines is 1. The van der Waals surface area contributed by atoms with Crippen LogP contribution in [-0.2, 0) is 16.0 Å². The van der Waals surface area contributed by atoms with Crippen LogP contribution in [0.2, 0.25) is 0 Å². The maximum Gasteiger partial charge on any atom is 0.339 e. The topological polar surface area (TPSA) is 106 Å². The Labute approximate surface area is 202 Å². The minimum Gasteiger partial charge on any atom is -0.462 e. The molecule has 1 saturated heterocycles. The number of aryl methyl sites for hydroxylation is 2. The molecule has 1 fully saturated rings. The van der Waals surface area contributed by atoms with E-state index in [-0.39, 0.29) is 18.3 Å². The normalized spacial score (nSPS) is 14.4. The Bertz CT molecular complexity index is 1200. The summed E-state index contributed by atoms with van der Waals surface area (Å²) in [7, 11) is 0. The van der Waals surface area contributed by atoms with Crippen LogP contribution in [0.4, 0.5) is 5.82 Å². The van der Waals surface area contributed by atoms with Gasteiger partial charge in [-0.05, 0) is 45.6 Å². The van der Waals surface area contributed by atoms with Gasteiger partial charge in [-0.25, -0.2) is 19.3 Å². The van der Waals surface area contributed by atoms with Gasteiger partial charge >= 0.3 is 5.97 Å². The molecule has 4 heterocycles. The molecule has 3 aromatic rings. The molecular formula is C23H29N7O3S. The van der Waals surface area contributed by atoms with Crippen molar-refractivity contribution in [3.05, 3.63) is 40.8 Å². The average molecular weight is 484 g/mol. The summed E-state index contributed by atoms with van der Waals surface area (Å²) in [6.07, 6.45) is 4.58. The Hall–Kier alpha value is -3.21. The number of hydrogen-bond acceptors (Lipinski definition) is 9. The van der Waals surface area contributed by atoms with E-state index in [1.807, 2.05) is 31.1 Å². The van der Waals surface area contributed by atoms with Crippen LogP contribution < -0.4 is 4.90 Å². The van der Waals surface area contributed by atoms with Gasteiger partial charge in [-0.2, -0.15) is 4.98 Å². The molecule has 11 heteroatoms. The minimum absolute atomic E-state index is 0.0741. The number of ether oxygens (including phenoxy) is 1. The monoisotopic (exact) mass is 483 g/mol. The Balaban J connectivity index is 1.42. The molecule has 1 aliphatic heterocycles. The molecule has 0 aliphatic carbocycles. The van der Waals surface area contributed by atoms with Crippen molar-refractivity contribution in [2.75, 3.05) is 43.9 Å². The molecule has 180 valence electrons. The van der Waals surface area contributed by atoms with Gasteiger partial charge in [0.1, 0.15) is 5.82 Å². The van der Waals surface area contributed by atoms with Crippen molar-refractivity contribution in [1.82, 2.24) is 29.5 Å². The van der Waals surface area contributed by atoms with Gasteiger partial charge in [-0.15, -0.1) is 5.10 Å². The molecule has 0 radical (unpaired) electrons. The molecule has 3 aromatic heterocycles. The summed E-state index contributed by atoms with van der Waals surface area (Å²) >= 11 is 1.47. The molecule has 34 heavy (non-hydrogen) atoms. The second-order valence-corrected chi connectivity index (χ2v) is 8.87. The van der Waals surface area contributed by atoms with Crippen molar-refractivity contribution in [2.45, 2.75) is 38.8 Å². The maximum atomic E-state index is 13.2. The van der Waals surface area contributed by atoms with E-state index in [1.165, 1.54) is 11.8 Å². The molecule has 0 saturated carbocycles. The zero-order valence-corrected chi connectivity index (χ0v) is 20.8. The van der Waals surface area contributed by atoms with Crippen LogP contribution in [0.15, 0.2) is 23.5 Å². The van der Waals surface area contributed by atoms with E-state index in [4.69, 9.17) is 4.74 Å². The Morgan fingerprint density at radius 3 is 2.65 bits per heavy atom. The second-order valence-electron chi connectivity index (χ2n) is 8.10. The van der Waals surface area contributed by atoms with Crippen molar-refractivity contribution in [3.8, 4) is 0 Å². The largest absolute Gasteiger partial charge is 0.462 e. The first kappa shape index (κ1) is 23.9. The number of pyridine rings is 1. The van der Waals surface area contributed by atoms with Gasteiger partial charge in [-0.1, -0.05) is 11.8 Å². The van der Waals surface area contributed by atoms with E-state index < -0.39 is 0 Å². The van der Waals surface area contributed by atoms with Crippen molar-refractivity contribution in [1.29, 1.82) is 0 Å². The second kappa shape index (κ2) is 10.4. The fraction of sp³-hybridized carbons (Fsp3) is 0.478. The highest BCUT2D eigenvalue weighted by molar-refractivity contribution is 7.98. The van der Waals surface area contributed by atoms with Gasteiger partial charge in [0.15, 0.2) is 0 Å². The van der Waals surface area contributed by atoms with E-state index in [0.29, 0.717) is 42.7 Å². The summed E-state index contributed by atoms with van der Waals surface area (Å²) in [6, 6.07) is 3.56. The number of rotatable bonds is 6. The number of hydrogen-bond donors (Lipinski definition) is 0. The third kappa shape index (κ3) is 4.98. The summed E-state index contributed by atoms with van der Waals surface area (Å²) in [5.74, 6) is 1.05. The van der Waals surface area contributed by atoms with E-state index in [1.54, 1.807) is 23.7 Å². The maximum absolute atomic E-state index is 13.2. The summed E-state index contributed by atoms with van der Waals surface area (Å²) in [5, 5.41) is 5.14. The number of carbonyl (C=O) groups excluding carboxylic acids is 2. The van der Waals surface area contributed by atoms with E-state index in [9.17, 15) is 9.59 Å². The Morgan fingerprint density at radius 2 is 1.94 bits per heavy atom. The van der Waals surface area contributed by atoms with Crippen molar-refractivity contribution >= 4 is 35.2 Å².